The van der Waals surface area contributed by atoms with Crippen LogP contribution in [0.1, 0.15) is 44.6 Å². The quantitative estimate of drug-likeness (QED) is 0.663. The highest BCUT2D eigenvalue weighted by atomic mass is 79.9. The molecule has 0 saturated carbocycles. The van der Waals surface area contributed by atoms with Gasteiger partial charge in [0.1, 0.15) is 0 Å². The van der Waals surface area contributed by atoms with Gasteiger partial charge in [0.25, 0.3) is 0 Å². The van der Waals surface area contributed by atoms with Gasteiger partial charge in [0, 0.05) is 4.47 Å². The van der Waals surface area contributed by atoms with Crippen molar-refractivity contribution < 1.29 is 0 Å². The van der Waals surface area contributed by atoms with Crippen molar-refractivity contribution in [2.24, 2.45) is 0 Å². The number of hydrogen-bond donors (Lipinski definition) is 0. The van der Waals surface area contributed by atoms with E-state index in [1.807, 2.05) is 0 Å². The van der Waals surface area contributed by atoms with Gasteiger partial charge in [-0.05, 0) is 49.0 Å². The average Bonchev–Trinajstić information content (AvgIpc) is 2.37. The zero-order valence-electron chi connectivity index (χ0n) is 10.4. The van der Waals surface area contributed by atoms with Crippen LogP contribution >= 0.6 is 15.9 Å². The first-order valence-electron chi connectivity index (χ1n) is 6.45. The van der Waals surface area contributed by atoms with Crippen molar-refractivity contribution in [1.82, 2.24) is 0 Å². The lowest BCUT2D eigenvalue weighted by molar-refractivity contribution is 0.790. The SMILES string of the molecule is CCCCC1=CCCC(c2ccc(Br)cc2)=C1. The number of hydrogen-bond acceptors (Lipinski definition) is 0. The lowest BCUT2D eigenvalue weighted by atomic mass is 9.92. The van der Waals surface area contributed by atoms with Crippen LogP contribution < -0.4 is 0 Å². The first-order valence-corrected chi connectivity index (χ1v) is 7.24. The lowest BCUT2D eigenvalue weighted by Gasteiger charge is -2.14. The van der Waals surface area contributed by atoms with Gasteiger partial charge in [0.05, 0.1) is 0 Å². The molecule has 1 aromatic carbocycles. The van der Waals surface area contributed by atoms with Crippen LogP contribution in [0.25, 0.3) is 5.57 Å². The summed E-state index contributed by atoms with van der Waals surface area (Å²) in [5.41, 5.74) is 4.39. The Bertz CT molecular complexity index is 423. The minimum absolute atomic E-state index is 1.15. The molecule has 0 fully saturated rings. The third-order valence-electron chi connectivity index (χ3n) is 3.21. The van der Waals surface area contributed by atoms with Crippen LogP contribution in [0.3, 0.4) is 0 Å². The van der Waals surface area contributed by atoms with Gasteiger partial charge >= 0.3 is 0 Å². The van der Waals surface area contributed by atoms with Crippen molar-refractivity contribution in [1.29, 1.82) is 0 Å². The highest BCUT2D eigenvalue weighted by Gasteiger charge is 2.07. The normalized spacial score (nSPS) is 15.4. The summed E-state index contributed by atoms with van der Waals surface area (Å²) in [6, 6.07) is 8.66. The van der Waals surface area contributed by atoms with Crippen molar-refractivity contribution in [3.63, 3.8) is 0 Å². The Kier molecular flexibility index (Phi) is 4.61. The first-order chi connectivity index (χ1) is 8.29. The number of unbranched alkanes of at least 4 members (excludes halogenated alkanes) is 1. The van der Waals surface area contributed by atoms with Crippen molar-refractivity contribution >= 4 is 21.5 Å². The molecule has 0 aliphatic heterocycles. The molecular formula is C16H19Br. The van der Waals surface area contributed by atoms with Gasteiger partial charge in [-0.25, -0.2) is 0 Å². The van der Waals surface area contributed by atoms with Crippen LogP contribution in [-0.2, 0) is 0 Å². The monoisotopic (exact) mass is 290 g/mol. The highest BCUT2D eigenvalue weighted by Crippen LogP contribution is 2.29. The van der Waals surface area contributed by atoms with E-state index in [9.17, 15) is 0 Å². The van der Waals surface area contributed by atoms with Crippen LogP contribution in [0.5, 0.6) is 0 Å². The minimum Gasteiger partial charge on any atom is -0.0810 e. The van der Waals surface area contributed by atoms with Gasteiger partial charge < -0.3 is 0 Å². The van der Waals surface area contributed by atoms with Gasteiger partial charge in [0.15, 0.2) is 0 Å². The molecule has 90 valence electrons. The van der Waals surface area contributed by atoms with Gasteiger partial charge in [0.2, 0.25) is 0 Å². The molecule has 1 aromatic rings. The van der Waals surface area contributed by atoms with Crippen LogP contribution in [0.4, 0.5) is 0 Å². The fourth-order valence-corrected chi connectivity index (χ4v) is 2.48. The fourth-order valence-electron chi connectivity index (χ4n) is 2.21. The first kappa shape index (κ1) is 12.6. The standard InChI is InChI=1S/C16H19Br/c1-2-3-5-13-6-4-7-15(12-13)14-8-10-16(17)11-9-14/h6,8-12H,2-5,7H2,1H3. The van der Waals surface area contributed by atoms with Gasteiger partial charge in [-0.2, -0.15) is 0 Å². The number of rotatable bonds is 4. The van der Waals surface area contributed by atoms with E-state index in [1.54, 1.807) is 0 Å². The largest absolute Gasteiger partial charge is 0.0810 e. The van der Waals surface area contributed by atoms with Crippen LogP contribution in [0.15, 0.2) is 46.5 Å². The summed E-state index contributed by atoms with van der Waals surface area (Å²) in [7, 11) is 0. The summed E-state index contributed by atoms with van der Waals surface area (Å²) in [4.78, 5) is 0. The van der Waals surface area contributed by atoms with Crippen molar-refractivity contribution in [2.45, 2.75) is 39.0 Å². The van der Waals surface area contributed by atoms with E-state index in [0.29, 0.717) is 0 Å². The third-order valence-corrected chi connectivity index (χ3v) is 3.74. The molecule has 17 heavy (non-hydrogen) atoms. The fraction of sp³-hybridized carbons (Fsp3) is 0.375. The molecule has 0 atom stereocenters. The van der Waals surface area contributed by atoms with E-state index in [-0.39, 0.29) is 0 Å². The molecule has 0 unspecified atom stereocenters. The molecule has 2 rings (SSSR count). The van der Waals surface area contributed by atoms with Gasteiger partial charge in [-0.1, -0.05) is 59.1 Å². The maximum atomic E-state index is 3.48. The molecule has 1 aliphatic rings. The molecule has 0 nitrogen and oxygen atoms in total. The molecule has 1 heteroatoms. The Labute approximate surface area is 113 Å². The molecule has 0 saturated heterocycles. The second kappa shape index (κ2) is 6.20. The van der Waals surface area contributed by atoms with E-state index < -0.39 is 0 Å². The Morgan fingerprint density at radius 2 is 1.94 bits per heavy atom. The van der Waals surface area contributed by atoms with E-state index in [1.165, 1.54) is 48.8 Å². The topological polar surface area (TPSA) is 0 Å². The maximum Gasteiger partial charge on any atom is 0.0175 e. The Balaban J connectivity index is 2.13. The van der Waals surface area contributed by atoms with E-state index >= 15 is 0 Å². The molecule has 0 N–H and O–H groups in total. The smallest absolute Gasteiger partial charge is 0.0175 e. The van der Waals surface area contributed by atoms with Crippen LogP contribution in [-0.4, -0.2) is 0 Å². The number of benzene rings is 1. The Morgan fingerprint density at radius 3 is 2.65 bits per heavy atom. The molecule has 0 heterocycles. The predicted molar refractivity (Wildman–Crippen MR) is 79.0 cm³/mol. The van der Waals surface area contributed by atoms with Crippen LogP contribution in [0.2, 0.25) is 0 Å². The summed E-state index contributed by atoms with van der Waals surface area (Å²) < 4.78 is 1.15. The highest BCUT2D eigenvalue weighted by molar-refractivity contribution is 9.10. The molecule has 0 spiro atoms. The van der Waals surface area contributed by atoms with Crippen molar-refractivity contribution in [3.05, 3.63) is 52.0 Å². The number of allylic oxidation sites excluding steroid dienone is 4. The maximum absolute atomic E-state index is 3.48. The zero-order valence-corrected chi connectivity index (χ0v) is 12.0. The second-order valence-electron chi connectivity index (χ2n) is 4.60. The van der Waals surface area contributed by atoms with Crippen molar-refractivity contribution in [2.75, 3.05) is 0 Å². The Hall–Kier alpha value is -0.820. The predicted octanol–water partition coefficient (Wildman–Crippen LogP) is 5.74. The van der Waals surface area contributed by atoms with Crippen molar-refractivity contribution in [3.8, 4) is 0 Å². The van der Waals surface area contributed by atoms with Gasteiger partial charge in [-0.15, -0.1) is 0 Å². The van der Waals surface area contributed by atoms with E-state index in [2.05, 4.69) is 59.3 Å². The molecule has 0 amide bonds. The lowest BCUT2D eigenvalue weighted by Crippen LogP contribution is -1.93. The summed E-state index contributed by atoms with van der Waals surface area (Å²) >= 11 is 3.48. The summed E-state index contributed by atoms with van der Waals surface area (Å²) in [6.07, 6.45) is 11.0. The van der Waals surface area contributed by atoms with Crippen LogP contribution in [0, 0.1) is 0 Å². The van der Waals surface area contributed by atoms with Gasteiger partial charge in [-0.3, -0.25) is 0 Å². The molecule has 0 radical (unpaired) electrons. The zero-order chi connectivity index (χ0) is 12.1. The van der Waals surface area contributed by atoms with E-state index in [4.69, 9.17) is 0 Å². The second-order valence-corrected chi connectivity index (χ2v) is 5.51. The average molecular weight is 291 g/mol. The minimum atomic E-state index is 1.15. The molecular weight excluding hydrogens is 272 g/mol. The summed E-state index contributed by atoms with van der Waals surface area (Å²) in [5.74, 6) is 0. The number of halogens is 1. The molecule has 0 aromatic heterocycles. The summed E-state index contributed by atoms with van der Waals surface area (Å²) in [6.45, 7) is 2.25. The Morgan fingerprint density at radius 1 is 1.18 bits per heavy atom. The molecule has 0 bridgehead atoms. The molecule has 1 aliphatic carbocycles. The summed E-state index contributed by atoms with van der Waals surface area (Å²) in [5, 5.41) is 0. The van der Waals surface area contributed by atoms with E-state index in [0.717, 1.165) is 4.47 Å². The third kappa shape index (κ3) is 3.57.